The largest absolute Gasteiger partial charge is 0.497 e. The van der Waals surface area contributed by atoms with E-state index in [1.165, 1.54) is 13.0 Å². The first-order valence-electron chi connectivity index (χ1n) is 8.69. The van der Waals surface area contributed by atoms with Crippen molar-refractivity contribution in [2.24, 2.45) is 0 Å². The van der Waals surface area contributed by atoms with Gasteiger partial charge in [-0.25, -0.2) is 4.79 Å². The van der Waals surface area contributed by atoms with Crippen LogP contribution in [-0.2, 0) is 14.3 Å². The Bertz CT molecular complexity index is 842. The van der Waals surface area contributed by atoms with Gasteiger partial charge in [0, 0.05) is 17.8 Å². The number of hydrogen-bond donors (Lipinski definition) is 1. The van der Waals surface area contributed by atoms with Crippen LogP contribution in [0.4, 0.5) is 5.69 Å². The molecule has 1 amide bonds. The molecule has 28 heavy (non-hydrogen) atoms. The van der Waals surface area contributed by atoms with Gasteiger partial charge in [0.25, 0.3) is 5.91 Å². The molecule has 0 radical (unpaired) electrons. The van der Waals surface area contributed by atoms with Crippen molar-refractivity contribution in [3.8, 4) is 11.5 Å². The summed E-state index contributed by atoms with van der Waals surface area (Å²) in [7, 11) is 1.54. The molecule has 2 aromatic carbocycles. The van der Waals surface area contributed by atoms with E-state index in [0.717, 1.165) is 5.56 Å². The van der Waals surface area contributed by atoms with Crippen molar-refractivity contribution in [3.63, 3.8) is 0 Å². The molecule has 0 bridgehead atoms. The van der Waals surface area contributed by atoms with Crippen molar-refractivity contribution in [2.45, 2.75) is 13.0 Å². The summed E-state index contributed by atoms with van der Waals surface area (Å²) < 4.78 is 15.6. The van der Waals surface area contributed by atoms with Crippen LogP contribution in [0.5, 0.6) is 11.5 Å². The Labute approximate surface area is 164 Å². The van der Waals surface area contributed by atoms with Gasteiger partial charge in [0.15, 0.2) is 6.10 Å². The summed E-state index contributed by atoms with van der Waals surface area (Å²) in [5.74, 6) is 0.285. The van der Waals surface area contributed by atoms with Crippen LogP contribution in [0.2, 0.25) is 0 Å². The van der Waals surface area contributed by atoms with E-state index < -0.39 is 18.0 Å². The molecule has 6 nitrogen and oxygen atoms in total. The van der Waals surface area contributed by atoms with E-state index in [1.54, 1.807) is 67.8 Å². The number of ether oxygens (including phenoxy) is 3. The Kier molecular flexibility index (Phi) is 7.84. The van der Waals surface area contributed by atoms with Crippen LogP contribution in [0.15, 0.2) is 67.3 Å². The number of hydrogen-bond acceptors (Lipinski definition) is 5. The number of nitrogens with one attached hydrogen (secondary N) is 1. The van der Waals surface area contributed by atoms with Gasteiger partial charge in [-0.1, -0.05) is 30.9 Å². The van der Waals surface area contributed by atoms with E-state index in [9.17, 15) is 9.59 Å². The van der Waals surface area contributed by atoms with E-state index in [-0.39, 0.29) is 0 Å². The number of rotatable bonds is 9. The molecule has 2 rings (SSSR count). The van der Waals surface area contributed by atoms with E-state index in [0.29, 0.717) is 23.8 Å². The molecule has 6 heteroatoms. The van der Waals surface area contributed by atoms with E-state index in [2.05, 4.69) is 11.9 Å². The highest BCUT2D eigenvalue weighted by Crippen LogP contribution is 2.17. The maximum absolute atomic E-state index is 12.2. The molecular weight excluding hydrogens is 358 g/mol. The molecule has 1 N–H and O–H groups in total. The van der Waals surface area contributed by atoms with Crippen molar-refractivity contribution in [3.05, 3.63) is 72.8 Å². The lowest BCUT2D eigenvalue weighted by atomic mass is 10.2. The molecule has 0 heterocycles. The van der Waals surface area contributed by atoms with Gasteiger partial charge in [-0.15, -0.1) is 0 Å². The number of amides is 1. The number of esters is 1. The average Bonchev–Trinajstić information content (AvgIpc) is 2.71. The first-order valence-corrected chi connectivity index (χ1v) is 8.69. The number of benzene rings is 2. The summed E-state index contributed by atoms with van der Waals surface area (Å²) in [6.07, 6.45) is 3.59. The van der Waals surface area contributed by atoms with Crippen molar-refractivity contribution >= 4 is 23.6 Å². The summed E-state index contributed by atoms with van der Waals surface area (Å²) in [6.45, 7) is 5.52. The van der Waals surface area contributed by atoms with Crippen molar-refractivity contribution in [2.75, 3.05) is 19.0 Å². The maximum Gasteiger partial charge on any atom is 0.331 e. The van der Waals surface area contributed by atoms with Gasteiger partial charge in [0.1, 0.15) is 18.1 Å². The maximum atomic E-state index is 12.2. The van der Waals surface area contributed by atoms with Gasteiger partial charge < -0.3 is 19.5 Å². The van der Waals surface area contributed by atoms with E-state index in [1.807, 2.05) is 0 Å². The molecule has 1 atom stereocenters. The van der Waals surface area contributed by atoms with Crippen LogP contribution >= 0.6 is 0 Å². The van der Waals surface area contributed by atoms with Crippen LogP contribution in [0, 0.1) is 0 Å². The second-order valence-electron chi connectivity index (χ2n) is 5.80. The van der Waals surface area contributed by atoms with Gasteiger partial charge in [-0.05, 0) is 42.8 Å². The minimum Gasteiger partial charge on any atom is -0.497 e. The van der Waals surface area contributed by atoms with Crippen LogP contribution in [0.3, 0.4) is 0 Å². The zero-order chi connectivity index (χ0) is 20.4. The number of anilines is 1. The van der Waals surface area contributed by atoms with Crippen molar-refractivity contribution in [1.29, 1.82) is 0 Å². The molecule has 0 aromatic heterocycles. The second-order valence-corrected chi connectivity index (χ2v) is 5.80. The molecule has 0 unspecified atom stereocenters. The van der Waals surface area contributed by atoms with Gasteiger partial charge in [0.05, 0.1) is 7.11 Å². The number of carbonyl (C=O) groups is 2. The summed E-state index contributed by atoms with van der Waals surface area (Å²) in [5.41, 5.74) is 1.36. The smallest absolute Gasteiger partial charge is 0.331 e. The third kappa shape index (κ3) is 6.64. The molecule has 146 valence electrons. The first-order chi connectivity index (χ1) is 13.5. The Balaban J connectivity index is 1.86. The predicted molar refractivity (Wildman–Crippen MR) is 108 cm³/mol. The third-order valence-electron chi connectivity index (χ3n) is 3.66. The molecule has 0 aliphatic rings. The molecule has 0 saturated carbocycles. The Morgan fingerprint density at radius 3 is 2.57 bits per heavy atom. The van der Waals surface area contributed by atoms with Crippen molar-refractivity contribution < 1.29 is 23.8 Å². The van der Waals surface area contributed by atoms with E-state index >= 15 is 0 Å². The fourth-order valence-corrected chi connectivity index (χ4v) is 2.21. The quantitative estimate of drug-likeness (QED) is 0.406. The second kappa shape index (κ2) is 10.6. The predicted octanol–water partition coefficient (Wildman–Crippen LogP) is 3.84. The Hall–Kier alpha value is -3.54. The number of methoxy groups -OCH3 is 1. The minimum atomic E-state index is -0.946. The molecule has 2 aromatic rings. The lowest BCUT2D eigenvalue weighted by Crippen LogP contribution is -2.29. The third-order valence-corrected chi connectivity index (χ3v) is 3.66. The molecule has 0 aliphatic carbocycles. The molecule has 0 fully saturated rings. The standard InChI is InChI=1S/C22H23NO5/c1-4-14-27-19-11-8-17(9-12-19)10-13-21(24)28-16(2)22(25)23-18-6-5-7-20(15-18)26-3/h4-13,15-16H,1,14H2,2-3H3,(H,23,25)/b13-10+/t16-/m0/s1. The summed E-state index contributed by atoms with van der Waals surface area (Å²) in [5, 5.41) is 2.68. The Morgan fingerprint density at radius 1 is 1.14 bits per heavy atom. The van der Waals surface area contributed by atoms with Crippen molar-refractivity contribution in [1.82, 2.24) is 0 Å². The zero-order valence-electron chi connectivity index (χ0n) is 15.9. The molecule has 0 saturated heterocycles. The van der Waals surface area contributed by atoms with Gasteiger partial charge in [0.2, 0.25) is 0 Å². The molecule has 0 spiro atoms. The minimum absolute atomic E-state index is 0.428. The van der Waals surface area contributed by atoms with Gasteiger partial charge in [-0.3, -0.25) is 4.79 Å². The summed E-state index contributed by atoms with van der Waals surface area (Å²) >= 11 is 0. The van der Waals surface area contributed by atoms with Crippen LogP contribution in [0.1, 0.15) is 12.5 Å². The van der Waals surface area contributed by atoms with Gasteiger partial charge in [-0.2, -0.15) is 0 Å². The average molecular weight is 381 g/mol. The van der Waals surface area contributed by atoms with E-state index in [4.69, 9.17) is 14.2 Å². The Morgan fingerprint density at radius 2 is 1.89 bits per heavy atom. The van der Waals surface area contributed by atoms with Gasteiger partial charge >= 0.3 is 5.97 Å². The highest BCUT2D eigenvalue weighted by Gasteiger charge is 2.16. The summed E-state index contributed by atoms with van der Waals surface area (Å²) in [4.78, 5) is 24.1. The normalized spacial score (nSPS) is 11.5. The highest BCUT2D eigenvalue weighted by molar-refractivity contribution is 5.96. The highest BCUT2D eigenvalue weighted by atomic mass is 16.5. The first kappa shape index (κ1) is 20.8. The molecule has 0 aliphatic heterocycles. The fourth-order valence-electron chi connectivity index (χ4n) is 2.21. The zero-order valence-corrected chi connectivity index (χ0v) is 15.9. The topological polar surface area (TPSA) is 73.9 Å². The van der Waals surface area contributed by atoms with Crippen LogP contribution in [-0.4, -0.2) is 31.7 Å². The fraction of sp³-hybridized carbons (Fsp3) is 0.182. The monoisotopic (exact) mass is 381 g/mol. The van der Waals surface area contributed by atoms with Crippen LogP contribution < -0.4 is 14.8 Å². The van der Waals surface area contributed by atoms with Crippen LogP contribution in [0.25, 0.3) is 6.08 Å². The summed E-state index contributed by atoms with van der Waals surface area (Å²) in [6, 6.07) is 14.1. The molecular formula is C22H23NO5. The lowest BCUT2D eigenvalue weighted by molar-refractivity contribution is -0.148. The lowest BCUT2D eigenvalue weighted by Gasteiger charge is -2.13. The SMILES string of the molecule is C=CCOc1ccc(/C=C/C(=O)O[C@@H](C)C(=O)Nc2cccc(OC)c2)cc1. The number of carbonyl (C=O) groups excluding carboxylic acids is 2.